The van der Waals surface area contributed by atoms with Crippen molar-refractivity contribution < 1.29 is 0 Å². The Morgan fingerprint density at radius 1 is 0.675 bits per heavy atom. The van der Waals surface area contributed by atoms with E-state index < -0.39 is 16.9 Å². The van der Waals surface area contributed by atoms with Crippen LogP contribution >= 0.6 is 0 Å². The van der Waals surface area contributed by atoms with E-state index in [0.717, 1.165) is 22.1 Å². The van der Waals surface area contributed by atoms with E-state index in [9.17, 15) is 24.1 Å². The smallest absolute Gasteiger partial charge is 0.332 e. The summed E-state index contributed by atoms with van der Waals surface area (Å²) in [6.45, 7) is 4.93. The Balaban J connectivity index is 0.000000222. The van der Waals surface area contributed by atoms with Gasteiger partial charge in [0, 0.05) is 19.2 Å². The molecule has 0 saturated heterocycles. The predicted molar refractivity (Wildman–Crippen MR) is 156 cm³/mol. The molecule has 0 amide bonds. The van der Waals surface area contributed by atoms with Crippen LogP contribution in [-0.2, 0) is 26.2 Å². The van der Waals surface area contributed by atoms with Gasteiger partial charge in [-0.2, -0.15) is 0 Å². The van der Waals surface area contributed by atoms with Crippen molar-refractivity contribution >= 4 is 17.3 Å². The molecule has 4 N–H and O–H groups in total. The molecule has 0 radical (unpaired) electrons. The van der Waals surface area contributed by atoms with Crippen LogP contribution in [0.1, 0.15) is 37.8 Å². The summed E-state index contributed by atoms with van der Waals surface area (Å²) in [5.41, 5.74) is 11.0. The number of hydrogen-bond donors (Lipinski definition) is 2. The lowest BCUT2D eigenvalue weighted by Gasteiger charge is -2.13. The third-order valence-corrected chi connectivity index (χ3v) is 6.11. The molecule has 0 unspecified atom stereocenters. The van der Waals surface area contributed by atoms with Gasteiger partial charge in [-0.05, 0) is 29.1 Å². The van der Waals surface area contributed by atoms with Gasteiger partial charge in [0.25, 0.3) is 11.1 Å². The fourth-order valence-electron chi connectivity index (χ4n) is 4.11. The molecule has 0 aliphatic rings. The molecule has 0 saturated carbocycles. The first-order valence-electron chi connectivity index (χ1n) is 12.9. The molecule has 0 aliphatic carbocycles. The molecule has 2 heterocycles. The zero-order valence-corrected chi connectivity index (χ0v) is 22.5. The molecule has 210 valence electrons. The van der Waals surface area contributed by atoms with Crippen LogP contribution < -0.4 is 34.0 Å². The van der Waals surface area contributed by atoms with Crippen LogP contribution in [0.4, 0.5) is 17.3 Å². The largest absolute Gasteiger partial charge is 0.385 e. The van der Waals surface area contributed by atoms with Gasteiger partial charge in [-0.1, -0.05) is 74.5 Å². The van der Waals surface area contributed by atoms with Gasteiger partial charge in [0.15, 0.2) is 0 Å². The van der Waals surface area contributed by atoms with Crippen molar-refractivity contribution in [1.29, 1.82) is 0 Å². The second kappa shape index (κ2) is 13.7. The molecule has 0 atom stereocenters. The van der Waals surface area contributed by atoms with Gasteiger partial charge in [-0.3, -0.25) is 27.9 Å². The topological polar surface area (TPSA) is 169 Å². The van der Waals surface area contributed by atoms with E-state index in [1.807, 2.05) is 74.5 Å². The Morgan fingerprint density at radius 3 is 1.65 bits per heavy atom. The quantitative estimate of drug-likeness (QED) is 0.303. The number of nitrogen functional groups attached to an aromatic ring is 2. The van der Waals surface area contributed by atoms with Crippen molar-refractivity contribution in [2.75, 3.05) is 11.5 Å². The third kappa shape index (κ3) is 6.70. The predicted octanol–water partition coefficient (Wildman–Crippen LogP) is 2.50. The van der Waals surface area contributed by atoms with Crippen LogP contribution in [0.3, 0.4) is 0 Å². The van der Waals surface area contributed by atoms with E-state index in [0.29, 0.717) is 19.5 Å². The van der Waals surface area contributed by atoms with Gasteiger partial charge >= 0.3 is 11.4 Å². The van der Waals surface area contributed by atoms with E-state index in [2.05, 4.69) is 5.18 Å². The fraction of sp³-hybridized carbons (Fsp3) is 0.286. The fourth-order valence-corrected chi connectivity index (χ4v) is 4.11. The number of benzene rings is 2. The van der Waals surface area contributed by atoms with E-state index in [-0.39, 0.29) is 36.0 Å². The monoisotopic (exact) mass is 547 g/mol. The Morgan fingerprint density at radius 2 is 1.15 bits per heavy atom. The first-order chi connectivity index (χ1) is 19.2. The molecule has 4 rings (SSSR count). The van der Waals surface area contributed by atoms with Crippen molar-refractivity contribution in [2.45, 2.75) is 52.9 Å². The number of nitrogens with two attached hydrogens (primary N) is 2. The highest BCUT2D eigenvalue weighted by atomic mass is 16.3. The Kier molecular flexibility index (Phi) is 10.1. The Hall–Kier alpha value is -5.00. The van der Waals surface area contributed by atoms with Gasteiger partial charge in [0.1, 0.15) is 11.6 Å². The zero-order valence-electron chi connectivity index (χ0n) is 22.5. The average molecular weight is 548 g/mol. The molecule has 2 aromatic heterocycles. The van der Waals surface area contributed by atoms with Crippen molar-refractivity contribution in [3.05, 3.63) is 124 Å². The number of hydrogen-bond acceptors (Lipinski definition) is 8. The van der Waals surface area contributed by atoms with Crippen molar-refractivity contribution in [3.8, 4) is 0 Å². The molecule has 0 spiro atoms. The maximum absolute atomic E-state index is 12.4. The number of rotatable bonds is 9. The molecule has 12 nitrogen and oxygen atoms in total. The molecule has 0 aliphatic heterocycles. The first-order valence-corrected chi connectivity index (χ1v) is 12.9. The molecule has 0 bridgehead atoms. The van der Waals surface area contributed by atoms with E-state index in [1.165, 1.54) is 19.8 Å². The summed E-state index contributed by atoms with van der Waals surface area (Å²) in [4.78, 5) is 59.2. The standard InChI is InChI=1S/C14H16N4O3.C14H17N3O2/c1-2-8-17-13(19)11(16-21)12(15)18(14(17)20)9-10-6-4-3-5-7-10;1-2-8-16-13(18)9-12(15)17(14(16)19)10-11-6-4-3-5-7-11/h3-7H,2,8-9,15H2,1H3;3-7,9H,2,8,10,15H2,1H3. The third-order valence-electron chi connectivity index (χ3n) is 6.11. The Bertz CT molecular complexity index is 1690. The molecule has 0 fully saturated rings. The highest BCUT2D eigenvalue weighted by molar-refractivity contribution is 5.56. The highest BCUT2D eigenvalue weighted by Crippen LogP contribution is 2.15. The first kappa shape index (κ1) is 29.6. The lowest BCUT2D eigenvalue weighted by atomic mass is 10.2. The summed E-state index contributed by atoms with van der Waals surface area (Å²) >= 11 is 0. The minimum Gasteiger partial charge on any atom is -0.385 e. The van der Waals surface area contributed by atoms with Gasteiger partial charge in [-0.15, -0.1) is 4.91 Å². The van der Waals surface area contributed by atoms with Crippen LogP contribution in [-0.4, -0.2) is 18.3 Å². The number of anilines is 2. The van der Waals surface area contributed by atoms with E-state index in [1.54, 1.807) is 0 Å². The lowest BCUT2D eigenvalue weighted by molar-refractivity contribution is 0.570. The van der Waals surface area contributed by atoms with Gasteiger partial charge in [-0.25, -0.2) is 9.59 Å². The van der Waals surface area contributed by atoms with Gasteiger partial charge in [0.05, 0.1) is 13.1 Å². The van der Waals surface area contributed by atoms with E-state index >= 15 is 0 Å². The average Bonchev–Trinajstić information content (AvgIpc) is 2.95. The highest BCUT2D eigenvalue weighted by Gasteiger charge is 2.17. The van der Waals surface area contributed by atoms with Crippen molar-refractivity contribution in [2.24, 2.45) is 5.18 Å². The molecule has 4 aromatic rings. The van der Waals surface area contributed by atoms with Crippen LogP contribution in [0.15, 0.2) is 91.1 Å². The summed E-state index contributed by atoms with van der Waals surface area (Å²) in [6.07, 6.45) is 1.31. The van der Waals surface area contributed by atoms with Crippen molar-refractivity contribution in [1.82, 2.24) is 18.3 Å². The summed E-state index contributed by atoms with van der Waals surface area (Å²) in [5.74, 6) is 0.00223. The molecule has 40 heavy (non-hydrogen) atoms. The number of aromatic nitrogens is 4. The second-order valence-electron chi connectivity index (χ2n) is 9.05. The maximum atomic E-state index is 12.4. The van der Waals surface area contributed by atoms with Gasteiger partial charge < -0.3 is 11.5 Å². The van der Waals surface area contributed by atoms with Crippen molar-refractivity contribution in [3.63, 3.8) is 0 Å². The molecule has 12 heteroatoms. The number of nitroso groups, excluding NO2 is 1. The maximum Gasteiger partial charge on any atom is 0.332 e. The van der Waals surface area contributed by atoms with Crippen LogP contribution in [0.25, 0.3) is 0 Å². The van der Waals surface area contributed by atoms with Gasteiger partial charge in [0.2, 0.25) is 5.69 Å². The summed E-state index contributed by atoms with van der Waals surface area (Å²) < 4.78 is 4.84. The Labute approximate surface area is 229 Å². The summed E-state index contributed by atoms with van der Waals surface area (Å²) in [5, 5.41) is 2.69. The SMILES string of the molecule is CCCn1c(=O)c(N=O)c(N)n(Cc2ccccc2)c1=O.CCCn1c(=O)cc(N)n(Cc2ccccc2)c1=O. The van der Waals surface area contributed by atoms with Crippen LogP contribution in [0, 0.1) is 4.91 Å². The normalized spacial score (nSPS) is 10.6. The summed E-state index contributed by atoms with van der Waals surface area (Å²) in [7, 11) is 0. The van der Waals surface area contributed by atoms with Crippen LogP contribution in [0.5, 0.6) is 0 Å². The lowest BCUT2D eigenvalue weighted by Crippen LogP contribution is -2.41. The minimum atomic E-state index is -0.737. The van der Waals surface area contributed by atoms with Crippen LogP contribution in [0.2, 0.25) is 0 Å². The molecular formula is C28H33N7O5. The zero-order chi connectivity index (χ0) is 29.2. The molecular weight excluding hydrogens is 514 g/mol. The molecule has 2 aromatic carbocycles. The second-order valence-corrected chi connectivity index (χ2v) is 9.05. The number of nitrogens with zero attached hydrogens (tertiary/aromatic N) is 5. The summed E-state index contributed by atoms with van der Waals surface area (Å²) in [6, 6.07) is 20.0. The van der Waals surface area contributed by atoms with E-state index in [4.69, 9.17) is 11.5 Å². The minimum absolute atomic E-state index is 0.179.